The molecule has 1 saturated heterocycles. The Balaban J connectivity index is 2.07. The van der Waals surface area contributed by atoms with Gasteiger partial charge in [-0.3, -0.25) is 5.73 Å². The van der Waals surface area contributed by atoms with Crippen LogP contribution in [0.2, 0.25) is 10.4 Å². The largest absolute Gasteiger partial charge is 0.394 e. The van der Waals surface area contributed by atoms with E-state index in [1.54, 1.807) is 0 Å². The highest BCUT2D eigenvalue weighted by molar-refractivity contribution is 6.33. The molecule has 0 aromatic carbocycles. The molecule has 0 saturated carbocycles. The average molecular weight is 321 g/mol. The third kappa shape index (κ3) is 2.09. The van der Waals surface area contributed by atoms with Crippen molar-refractivity contribution in [2.24, 2.45) is 0 Å². The van der Waals surface area contributed by atoms with Crippen LogP contribution in [0.15, 0.2) is 0 Å². The van der Waals surface area contributed by atoms with E-state index in [9.17, 15) is 5.11 Å². The lowest BCUT2D eigenvalue weighted by molar-refractivity contribution is -0.745. The molecule has 2 aromatic rings. The quantitative estimate of drug-likeness (QED) is 0.345. The fourth-order valence-electron chi connectivity index (χ4n) is 2.26. The number of nitrogens with zero attached hydrogens (tertiary/aromatic N) is 3. The van der Waals surface area contributed by atoms with Gasteiger partial charge < -0.3 is 19.9 Å². The molecule has 10 heteroatoms. The van der Waals surface area contributed by atoms with Crippen LogP contribution in [0.3, 0.4) is 0 Å². The summed E-state index contributed by atoms with van der Waals surface area (Å²) >= 11 is 12.0. The number of anilines is 1. The third-order valence-electron chi connectivity index (χ3n) is 3.21. The van der Waals surface area contributed by atoms with Crippen LogP contribution in [-0.4, -0.2) is 44.0 Å². The highest BCUT2D eigenvalue weighted by Gasteiger charge is 2.39. The second kappa shape index (κ2) is 4.97. The van der Waals surface area contributed by atoms with Gasteiger partial charge in [-0.2, -0.15) is 9.55 Å². The number of nitrogens with one attached hydrogen (secondary N) is 1. The highest BCUT2D eigenvalue weighted by Crippen LogP contribution is 2.28. The molecule has 5 N–H and O–H groups in total. The Labute approximate surface area is 123 Å². The van der Waals surface area contributed by atoms with Gasteiger partial charge in [0, 0.05) is 6.42 Å². The van der Waals surface area contributed by atoms with E-state index in [-0.39, 0.29) is 29.4 Å². The maximum atomic E-state index is 9.78. The minimum atomic E-state index is -0.797. The predicted molar refractivity (Wildman–Crippen MR) is 70.1 cm³/mol. The Hall–Kier alpha value is -1.19. The zero-order valence-corrected chi connectivity index (χ0v) is 11.6. The molecule has 2 aromatic heterocycles. The normalized spacial score (nSPS) is 26.5. The molecule has 8 nitrogen and oxygen atoms in total. The lowest BCUT2D eigenvalue weighted by atomic mass is 10.2. The first-order valence-corrected chi connectivity index (χ1v) is 6.63. The van der Waals surface area contributed by atoms with Crippen LogP contribution in [0.25, 0.3) is 11.2 Å². The second-order valence-corrected chi connectivity index (χ2v) is 5.19. The molecular weight excluding hydrogens is 309 g/mol. The molecular formula is C10H12Cl2N5O3+. The van der Waals surface area contributed by atoms with Crippen LogP contribution in [0.1, 0.15) is 12.6 Å². The molecule has 3 rings (SSSR count). The van der Waals surface area contributed by atoms with Gasteiger partial charge in [0.2, 0.25) is 10.4 Å². The molecule has 0 radical (unpaired) electrons. The Kier molecular flexibility index (Phi) is 3.43. The standard InChI is InChI=1S/C10H11Cl2N5O3/c11-7-6-8(15-9(12)14-6)16-10(13)17(7)5-1-3(19)4(2-18)20-5/h3-5,18-19H,1-2H2,(H2,13,14,15,16)/p+1/t3-,4+,5?/m0/s1. The number of hydrogen-bond donors (Lipinski definition) is 4. The van der Waals surface area contributed by atoms with Gasteiger partial charge in [-0.25, -0.2) is 0 Å². The van der Waals surface area contributed by atoms with Crippen LogP contribution < -0.4 is 10.3 Å². The average Bonchev–Trinajstić information content (AvgIpc) is 2.92. The fourth-order valence-corrected chi connectivity index (χ4v) is 2.76. The lowest BCUT2D eigenvalue weighted by Crippen LogP contribution is -2.44. The SMILES string of the molecule is Nc1nc2nc(Cl)[nH]c2c(Cl)[n+]1C1C[C@H](O)[C@@H](CO)O1. The number of rotatable bonds is 2. The Morgan fingerprint density at radius 2 is 2.20 bits per heavy atom. The third-order valence-corrected chi connectivity index (χ3v) is 3.76. The van der Waals surface area contributed by atoms with Crippen LogP contribution in [0.5, 0.6) is 0 Å². The zero-order chi connectivity index (χ0) is 14.4. The zero-order valence-electron chi connectivity index (χ0n) is 10.1. The van der Waals surface area contributed by atoms with Gasteiger partial charge in [0.25, 0.3) is 5.65 Å². The second-order valence-electron chi connectivity index (χ2n) is 4.47. The van der Waals surface area contributed by atoms with Crippen molar-refractivity contribution in [1.82, 2.24) is 15.0 Å². The summed E-state index contributed by atoms with van der Waals surface area (Å²) in [6.45, 7) is -0.290. The number of aliphatic hydroxyl groups is 2. The number of nitrogens with two attached hydrogens (primary N) is 1. The van der Waals surface area contributed by atoms with Crippen molar-refractivity contribution in [2.45, 2.75) is 24.9 Å². The summed E-state index contributed by atoms with van der Waals surface area (Å²) < 4.78 is 6.95. The summed E-state index contributed by atoms with van der Waals surface area (Å²) in [4.78, 5) is 10.8. The topological polar surface area (TPSA) is 121 Å². The molecule has 0 amide bonds. The van der Waals surface area contributed by atoms with E-state index in [0.29, 0.717) is 11.2 Å². The molecule has 0 aliphatic carbocycles. The Morgan fingerprint density at radius 3 is 2.85 bits per heavy atom. The van der Waals surface area contributed by atoms with Crippen molar-refractivity contribution in [2.75, 3.05) is 12.3 Å². The molecule has 20 heavy (non-hydrogen) atoms. The minimum Gasteiger partial charge on any atom is -0.394 e. The van der Waals surface area contributed by atoms with E-state index in [4.69, 9.17) is 38.8 Å². The number of aromatic nitrogens is 4. The smallest absolute Gasteiger partial charge is 0.394 e. The van der Waals surface area contributed by atoms with Gasteiger partial charge in [0.05, 0.1) is 12.7 Å². The van der Waals surface area contributed by atoms with Crippen LogP contribution in [0.4, 0.5) is 5.95 Å². The van der Waals surface area contributed by atoms with Gasteiger partial charge in [-0.15, -0.1) is 0 Å². The molecule has 1 fully saturated rings. The maximum Gasteiger partial charge on any atom is 0.394 e. The molecule has 1 unspecified atom stereocenters. The molecule has 3 atom stereocenters. The summed E-state index contributed by atoms with van der Waals surface area (Å²) in [6, 6.07) is 0. The van der Waals surface area contributed by atoms with E-state index < -0.39 is 18.4 Å². The molecule has 0 spiro atoms. The molecule has 0 bridgehead atoms. The predicted octanol–water partition coefficient (Wildman–Crippen LogP) is -0.225. The number of imidazole rings is 1. The molecule has 3 heterocycles. The van der Waals surface area contributed by atoms with Crippen LogP contribution in [-0.2, 0) is 4.74 Å². The van der Waals surface area contributed by atoms with Gasteiger partial charge in [0.1, 0.15) is 6.10 Å². The minimum absolute atomic E-state index is 0.0847. The molecule has 1 aliphatic rings. The van der Waals surface area contributed by atoms with Crippen LogP contribution >= 0.6 is 23.2 Å². The number of H-pyrrole nitrogens is 1. The summed E-state index contributed by atoms with van der Waals surface area (Å²) in [7, 11) is 0. The number of halogens is 2. The van der Waals surface area contributed by atoms with Crippen molar-refractivity contribution in [1.29, 1.82) is 0 Å². The summed E-state index contributed by atoms with van der Waals surface area (Å²) in [5.74, 6) is 0.0847. The number of aliphatic hydroxyl groups excluding tert-OH is 2. The lowest BCUT2D eigenvalue weighted by Gasteiger charge is -2.13. The molecule has 1 aliphatic heterocycles. The summed E-state index contributed by atoms with van der Waals surface area (Å²) in [5.41, 5.74) is 6.58. The van der Waals surface area contributed by atoms with E-state index in [1.165, 1.54) is 4.57 Å². The van der Waals surface area contributed by atoms with E-state index in [1.807, 2.05) is 0 Å². The van der Waals surface area contributed by atoms with Crippen molar-refractivity contribution in [3.05, 3.63) is 10.4 Å². The van der Waals surface area contributed by atoms with Gasteiger partial charge in [-0.05, 0) is 28.2 Å². The van der Waals surface area contributed by atoms with Gasteiger partial charge >= 0.3 is 5.95 Å². The van der Waals surface area contributed by atoms with Crippen LogP contribution in [0, 0.1) is 0 Å². The summed E-state index contributed by atoms with van der Waals surface area (Å²) in [5, 5.41) is 19.3. The molecule has 108 valence electrons. The van der Waals surface area contributed by atoms with Crippen molar-refractivity contribution >= 4 is 40.3 Å². The number of nitrogen functional groups attached to an aromatic ring is 1. The number of hydrogen-bond acceptors (Lipinski definition) is 6. The summed E-state index contributed by atoms with van der Waals surface area (Å²) in [6.07, 6.45) is -1.85. The maximum absolute atomic E-state index is 9.78. The van der Waals surface area contributed by atoms with Gasteiger partial charge in [0.15, 0.2) is 11.7 Å². The van der Waals surface area contributed by atoms with Gasteiger partial charge in [-0.1, -0.05) is 0 Å². The first-order valence-electron chi connectivity index (χ1n) is 5.87. The number of fused-ring (bicyclic) bond motifs is 1. The Bertz CT molecular complexity index is 664. The van der Waals surface area contributed by atoms with Crippen molar-refractivity contribution < 1.29 is 19.5 Å². The Morgan fingerprint density at radius 1 is 1.45 bits per heavy atom. The van der Waals surface area contributed by atoms with E-state index >= 15 is 0 Å². The highest BCUT2D eigenvalue weighted by atomic mass is 35.5. The van der Waals surface area contributed by atoms with Crippen molar-refractivity contribution in [3.63, 3.8) is 0 Å². The monoisotopic (exact) mass is 320 g/mol. The first-order chi connectivity index (χ1) is 9.51. The fraction of sp³-hybridized carbons (Fsp3) is 0.500. The van der Waals surface area contributed by atoms with E-state index in [2.05, 4.69) is 15.0 Å². The number of aromatic amines is 1. The van der Waals surface area contributed by atoms with E-state index in [0.717, 1.165) is 0 Å². The number of ether oxygens (including phenoxy) is 1. The van der Waals surface area contributed by atoms with Crippen molar-refractivity contribution in [3.8, 4) is 0 Å². The first kappa shape index (κ1) is 13.8.